The second-order valence-corrected chi connectivity index (χ2v) is 9.74. The number of thiocarbonyl (C=S) groups is 1. The van der Waals surface area contributed by atoms with Crippen molar-refractivity contribution in [1.82, 2.24) is 10.3 Å². The van der Waals surface area contributed by atoms with Gasteiger partial charge in [-0.2, -0.15) is 0 Å². The number of halogens is 1. The SMILES string of the molecule is Cc1cc(N2C(=S)N[C@@H](c3ccccn3)[C@@H]2c2ccc(-c3ccc(F)cc3)o2)ccc1NC(=O)C(C)C. The predicted molar refractivity (Wildman–Crippen MR) is 147 cm³/mol. The van der Waals surface area contributed by atoms with Crippen molar-refractivity contribution in [3.8, 4) is 11.3 Å². The van der Waals surface area contributed by atoms with Gasteiger partial charge in [0.25, 0.3) is 0 Å². The predicted octanol–water partition coefficient (Wildman–Crippen LogP) is 6.56. The van der Waals surface area contributed by atoms with Gasteiger partial charge in [0.2, 0.25) is 5.91 Å². The Labute approximate surface area is 220 Å². The van der Waals surface area contributed by atoms with E-state index in [1.165, 1.54) is 12.1 Å². The number of nitrogens with zero attached hydrogens (tertiary/aromatic N) is 2. The first-order valence-electron chi connectivity index (χ1n) is 12.1. The van der Waals surface area contributed by atoms with Crippen molar-refractivity contribution >= 4 is 34.6 Å². The van der Waals surface area contributed by atoms with Gasteiger partial charge in [-0.3, -0.25) is 9.78 Å². The fourth-order valence-corrected chi connectivity index (χ4v) is 4.76. The Morgan fingerprint density at radius 3 is 2.57 bits per heavy atom. The lowest BCUT2D eigenvalue weighted by Gasteiger charge is -2.27. The highest BCUT2D eigenvalue weighted by Gasteiger charge is 2.42. The molecule has 2 aromatic heterocycles. The number of anilines is 2. The fraction of sp³-hybridized carbons (Fsp3) is 0.207. The molecule has 1 saturated heterocycles. The molecule has 2 aromatic carbocycles. The number of aromatic nitrogens is 1. The van der Waals surface area contributed by atoms with Crippen LogP contribution in [0, 0.1) is 18.7 Å². The summed E-state index contributed by atoms with van der Waals surface area (Å²) in [6.07, 6.45) is 1.75. The summed E-state index contributed by atoms with van der Waals surface area (Å²) in [5.74, 6) is 0.872. The number of hydrogen-bond acceptors (Lipinski definition) is 4. The molecule has 5 rings (SSSR count). The molecule has 2 N–H and O–H groups in total. The average Bonchev–Trinajstić information content (AvgIpc) is 3.51. The molecular formula is C29H27FN4O2S. The van der Waals surface area contributed by atoms with Crippen LogP contribution in [0.2, 0.25) is 0 Å². The molecule has 37 heavy (non-hydrogen) atoms. The maximum absolute atomic E-state index is 13.5. The van der Waals surface area contributed by atoms with E-state index in [0.717, 1.165) is 28.2 Å². The summed E-state index contributed by atoms with van der Waals surface area (Å²) >= 11 is 5.81. The second kappa shape index (κ2) is 10.1. The van der Waals surface area contributed by atoms with E-state index in [1.54, 1.807) is 18.3 Å². The monoisotopic (exact) mass is 514 g/mol. The normalized spacial score (nSPS) is 17.2. The molecule has 4 aromatic rings. The van der Waals surface area contributed by atoms with Gasteiger partial charge in [-0.15, -0.1) is 0 Å². The van der Waals surface area contributed by atoms with Crippen LogP contribution < -0.4 is 15.5 Å². The van der Waals surface area contributed by atoms with Crippen molar-refractivity contribution in [2.45, 2.75) is 32.9 Å². The van der Waals surface area contributed by atoms with Crippen LogP contribution in [0.15, 0.2) is 83.4 Å². The van der Waals surface area contributed by atoms with Crippen molar-refractivity contribution < 1.29 is 13.6 Å². The summed E-state index contributed by atoms with van der Waals surface area (Å²) in [6.45, 7) is 5.68. The zero-order valence-electron chi connectivity index (χ0n) is 20.7. The van der Waals surface area contributed by atoms with Crippen molar-refractivity contribution in [1.29, 1.82) is 0 Å². The highest BCUT2D eigenvalue weighted by Crippen LogP contribution is 2.43. The van der Waals surface area contributed by atoms with Gasteiger partial charge in [0.1, 0.15) is 23.4 Å². The smallest absolute Gasteiger partial charge is 0.226 e. The molecule has 3 heterocycles. The van der Waals surface area contributed by atoms with Crippen LogP contribution in [0.5, 0.6) is 0 Å². The highest BCUT2D eigenvalue weighted by molar-refractivity contribution is 7.80. The van der Waals surface area contributed by atoms with E-state index < -0.39 is 0 Å². The van der Waals surface area contributed by atoms with Gasteiger partial charge >= 0.3 is 0 Å². The van der Waals surface area contributed by atoms with Gasteiger partial charge in [-0.1, -0.05) is 19.9 Å². The third kappa shape index (κ3) is 4.97. The minimum Gasteiger partial charge on any atom is -0.459 e. The van der Waals surface area contributed by atoms with Crippen LogP contribution in [0.25, 0.3) is 11.3 Å². The lowest BCUT2D eigenvalue weighted by molar-refractivity contribution is -0.118. The van der Waals surface area contributed by atoms with Crippen LogP contribution in [0.1, 0.15) is 42.9 Å². The second-order valence-electron chi connectivity index (χ2n) is 9.35. The number of carbonyl (C=O) groups excluding carboxylic acids is 1. The fourth-order valence-electron chi connectivity index (χ4n) is 4.42. The van der Waals surface area contributed by atoms with Gasteiger partial charge in [-0.25, -0.2) is 4.39 Å². The molecule has 0 spiro atoms. The quantitative estimate of drug-likeness (QED) is 0.284. The lowest BCUT2D eigenvalue weighted by Crippen LogP contribution is -2.29. The summed E-state index contributed by atoms with van der Waals surface area (Å²) in [5, 5.41) is 6.94. The number of nitrogens with one attached hydrogen (secondary N) is 2. The maximum atomic E-state index is 13.5. The first-order chi connectivity index (χ1) is 17.8. The molecule has 2 atom stereocenters. The van der Waals surface area contributed by atoms with Gasteiger partial charge < -0.3 is 20.0 Å². The van der Waals surface area contributed by atoms with E-state index in [-0.39, 0.29) is 29.7 Å². The van der Waals surface area contributed by atoms with Crippen LogP contribution >= 0.6 is 12.2 Å². The highest BCUT2D eigenvalue weighted by atomic mass is 32.1. The zero-order chi connectivity index (χ0) is 26.1. The molecule has 6 nitrogen and oxygen atoms in total. The first-order valence-corrected chi connectivity index (χ1v) is 12.5. The molecule has 0 saturated carbocycles. The summed E-state index contributed by atoms with van der Waals surface area (Å²) in [7, 11) is 0. The van der Waals surface area contributed by atoms with Crippen molar-refractivity contribution in [2.24, 2.45) is 5.92 Å². The minimum absolute atomic E-state index is 0.0359. The Balaban J connectivity index is 1.54. The Bertz CT molecular complexity index is 1440. The van der Waals surface area contributed by atoms with Crippen molar-refractivity contribution in [2.75, 3.05) is 10.2 Å². The number of furan rings is 1. The largest absolute Gasteiger partial charge is 0.459 e. The summed E-state index contributed by atoms with van der Waals surface area (Å²) in [6, 6.07) is 21.0. The van der Waals surface area contributed by atoms with Crippen LogP contribution in [0.3, 0.4) is 0 Å². The lowest BCUT2D eigenvalue weighted by atomic mass is 10.0. The molecule has 188 valence electrons. The van der Waals surface area contributed by atoms with Crippen LogP contribution in [0.4, 0.5) is 15.8 Å². The molecule has 0 aliphatic carbocycles. The van der Waals surface area contributed by atoms with E-state index in [1.807, 2.05) is 74.2 Å². The first kappa shape index (κ1) is 24.6. The maximum Gasteiger partial charge on any atom is 0.226 e. The molecular weight excluding hydrogens is 487 g/mol. The van der Waals surface area contributed by atoms with E-state index in [0.29, 0.717) is 16.6 Å². The average molecular weight is 515 g/mol. The number of amides is 1. The van der Waals surface area contributed by atoms with Crippen LogP contribution in [-0.2, 0) is 4.79 Å². The third-order valence-corrected chi connectivity index (χ3v) is 6.73. The summed E-state index contributed by atoms with van der Waals surface area (Å²) < 4.78 is 19.8. The van der Waals surface area contributed by atoms with E-state index in [4.69, 9.17) is 16.6 Å². The molecule has 0 radical (unpaired) electrons. The Hall–Kier alpha value is -4.04. The molecule has 1 fully saturated rings. The minimum atomic E-state index is -0.327. The van der Waals surface area contributed by atoms with Crippen molar-refractivity contribution in [3.05, 3.63) is 102 Å². The van der Waals surface area contributed by atoms with Gasteiger partial charge in [-0.05, 0) is 91.4 Å². The molecule has 8 heteroatoms. The Kier molecular flexibility index (Phi) is 6.76. The molecule has 1 aliphatic rings. The van der Waals surface area contributed by atoms with Crippen LogP contribution in [-0.4, -0.2) is 16.0 Å². The standard InChI is InChI=1S/C29H27FN4O2S/c1-17(2)28(35)32-22-12-11-21(16-18(22)3)34-27(26(33-29(34)37)23-6-4-5-15-31-23)25-14-13-24(36-25)19-7-9-20(30)10-8-19/h4-17,26-27H,1-3H3,(H,32,35)(H,33,37)/t26-,27-/m0/s1. The number of carbonyl (C=O) groups is 1. The van der Waals surface area contributed by atoms with E-state index >= 15 is 0 Å². The molecule has 0 bridgehead atoms. The number of rotatable bonds is 6. The molecule has 0 unspecified atom stereocenters. The topological polar surface area (TPSA) is 70.4 Å². The Morgan fingerprint density at radius 1 is 1.11 bits per heavy atom. The summed E-state index contributed by atoms with van der Waals surface area (Å²) in [5.41, 5.74) is 4.15. The van der Waals surface area contributed by atoms with Gasteiger partial charge in [0, 0.05) is 29.1 Å². The number of hydrogen-bond donors (Lipinski definition) is 2. The van der Waals surface area contributed by atoms with E-state index in [9.17, 15) is 9.18 Å². The zero-order valence-corrected chi connectivity index (χ0v) is 21.6. The molecule has 1 amide bonds. The van der Waals surface area contributed by atoms with E-state index in [2.05, 4.69) is 15.6 Å². The molecule has 1 aliphatic heterocycles. The number of aryl methyl sites for hydroxylation is 1. The van der Waals surface area contributed by atoms with Crippen molar-refractivity contribution in [3.63, 3.8) is 0 Å². The number of pyridine rings is 1. The third-order valence-electron chi connectivity index (χ3n) is 6.42. The van der Waals surface area contributed by atoms with Gasteiger partial charge in [0.15, 0.2) is 5.11 Å². The Morgan fingerprint density at radius 2 is 1.89 bits per heavy atom. The van der Waals surface area contributed by atoms with Gasteiger partial charge in [0.05, 0.1) is 11.7 Å². The number of benzene rings is 2. The summed E-state index contributed by atoms with van der Waals surface area (Å²) in [4.78, 5) is 18.8.